The molecule has 0 bridgehead atoms. The molecule has 0 aliphatic carbocycles. The number of nitrogens with zero attached hydrogens (tertiary/aromatic N) is 1. The Kier molecular flexibility index (Phi) is 5.38. The number of carbonyl (C=O) groups excluding carboxylic acids is 1. The molecule has 1 aliphatic rings. The Morgan fingerprint density at radius 1 is 0.909 bits per heavy atom. The number of nitrogens with one attached hydrogen (secondary N) is 1. The van der Waals surface area contributed by atoms with Gasteiger partial charge in [0.25, 0.3) is 15.9 Å². The van der Waals surface area contributed by atoms with Crippen LogP contribution in [0.2, 0.25) is 0 Å². The second-order valence-electron chi connectivity index (χ2n) is 8.32. The lowest BCUT2D eigenvalue weighted by molar-refractivity contribution is 0.102. The first-order valence-electron chi connectivity index (χ1n) is 10.9. The van der Waals surface area contributed by atoms with Gasteiger partial charge in [-0.1, -0.05) is 54.1 Å². The van der Waals surface area contributed by atoms with Gasteiger partial charge in [-0.3, -0.25) is 9.10 Å². The molecule has 4 aromatic carbocycles. The predicted octanol–water partition coefficient (Wildman–Crippen LogP) is 5.54. The van der Waals surface area contributed by atoms with Crippen molar-refractivity contribution < 1.29 is 13.2 Å². The van der Waals surface area contributed by atoms with Crippen molar-refractivity contribution in [3.63, 3.8) is 0 Å². The maximum absolute atomic E-state index is 13.3. The van der Waals surface area contributed by atoms with Gasteiger partial charge in [0.05, 0.1) is 10.6 Å². The van der Waals surface area contributed by atoms with Crippen molar-refractivity contribution in [2.75, 3.05) is 16.2 Å². The number of sulfonamides is 1. The van der Waals surface area contributed by atoms with Gasteiger partial charge in [-0.25, -0.2) is 8.42 Å². The Balaban J connectivity index is 1.44. The van der Waals surface area contributed by atoms with E-state index >= 15 is 0 Å². The number of anilines is 2. The molecule has 166 valence electrons. The molecule has 1 N–H and O–H groups in total. The molecule has 33 heavy (non-hydrogen) atoms. The van der Waals surface area contributed by atoms with Crippen LogP contribution in [0.4, 0.5) is 11.4 Å². The predicted molar refractivity (Wildman–Crippen MR) is 132 cm³/mol. The molecule has 4 aromatic rings. The second-order valence-corrected chi connectivity index (χ2v) is 10.2. The molecule has 1 aliphatic heterocycles. The van der Waals surface area contributed by atoms with Crippen LogP contribution in [0.15, 0.2) is 89.8 Å². The van der Waals surface area contributed by atoms with Gasteiger partial charge in [0.1, 0.15) is 0 Å². The number of rotatable bonds is 4. The van der Waals surface area contributed by atoms with Crippen LogP contribution >= 0.6 is 0 Å². The van der Waals surface area contributed by atoms with Crippen LogP contribution < -0.4 is 9.62 Å². The molecule has 0 unspecified atom stereocenters. The fourth-order valence-electron chi connectivity index (χ4n) is 4.35. The molecule has 0 saturated carbocycles. The summed E-state index contributed by atoms with van der Waals surface area (Å²) in [5, 5.41) is 4.89. The van der Waals surface area contributed by atoms with Crippen LogP contribution in [0.1, 0.15) is 27.9 Å². The van der Waals surface area contributed by atoms with E-state index in [0.717, 1.165) is 34.7 Å². The zero-order valence-corrected chi connectivity index (χ0v) is 19.1. The van der Waals surface area contributed by atoms with E-state index in [-0.39, 0.29) is 10.8 Å². The van der Waals surface area contributed by atoms with Gasteiger partial charge >= 0.3 is 0 Å². The molecule has 0 spiro atoms. The maximum atomic E-state index is 13.3. The first kappa shape index (κ1) is 21.2. The lowest BCUT2D eigenvalue weighted by Gasteiger charge is -2.31. The minimum atomic E-state index is -3.65. The standard InChI is InChI=1S/C27H24N2O3S/c1-19-11-14-23(15-12-19)33(31,32)29-17-5-8-21-18-22(13-16-26(21)29)28-27(30)25-10-4-7-20-6-2-3-9-24(20)25/h2-4,6-7,9-16,18H,5,8,17H2,1H3,(H,28,30). The van der Waals surface area contributed by atoms with E-state index < -0.39 is 10.0 Å². The average molecular weight is 457 g/mol. The zero-order chi connectivity index (χ0) is 23.0. The molecule has 0 radical (unpaired) electrons. The monoisotopic (exact) mass is 456 g/mol. The number of hydrogen-bond acceptors (Lipinski definition) is 3. The SMILES string of the molecule is Cc1ccc(S(=O)(=O)N2CCCc3cc(NC(=O)c4cccc5ccccc45)ccc32)cc1. The molecule has 5 rings (SSSR count). The highest BCUT2D eigenvalue weighted by molar-refractivity contribution is 7.92. The highest BCUT2D eigenvalue weighted by atomic mass is 32.2. The third kappa shape index (κ3) is 3.98. The zero-order valence-electron chi connectivity index (χ0n) is 18.3. The second kappa shape index (κ2) is 8.37. The van der Waals surface area contributed by atoms with Crippen LogP contribution in [0.5, 0.6) is 0 Å². The molecule has 0 aromatic heterocycles. The smallest absolute Gasteiger partial charge is 0.264 e. The summed E-state index contributed by atoms with van der Waals surface area (Å²) in [7, 11) is -3.65. The number of fused-ring (bicyclic) bond motifs is 2. The number of amides is 1. The molecule has 6 heteroatoms. The third-order valence-electron chi connectivity index (χ3n) is 6.06. The van der Waals surface area contributed by atoms with E-state index in [4.69, 9.17) is 0 Å². The topological polar surface area (TPSA) is 66.5 Å². The van der Waals surface area contributed by atoms with Crippen molar-refractivity contribution in [1.82, 2.24) is 0 Å². The molecule has 0 atom stereocenters. The van der Waals surface area contributed by atoms with Crippen molar-refractivity contribution in [3.8, 4) is 0 Å². The van der Waals surface area contributed by atoms with E-state index in [0.29, 0.717) is 23.5 Å². The van der Waals surface area contributed by atoms with Gasteiger partial charge < -0.3 is 5.32 Å². The summed E-state index contributed by atoms with van der Waals surface area (Å²) in [6.07, 6.45) is 1.48. The summed E-state index contributed by atoms with van der Waals surface area (Å²) in [6, 6.07) is 25.8. The van der Waals surface area contributed by atoms with Gasteiger partial charge in [-0.2, -0.15) is 0 Å². The first-order valence-corrected chi connectivity index (χ1v) is 12.4. The van der Waals surface area contributed by atoms with Crippen molar-refractivity contribution >= 4 is 38.1 Å². The highest BCUT2D eigenvalue weighted by Gasteiger charge is 2.29. The lowest BCUT2D eigenvalue weighted by atomic mass is 10.0. The van der Waals surface area contributed by atoms with Gasteiger partial charge in [0, 0.05) is 17.8 Å². The van der Waals surface area contributed by atoms with E-state index in [1.807, 2.05) is 67.6 Å². The van der Waals surface area contributed by atoms with Crippen molar-refractivity contribution in [2.45, 2.75) is 24.7 Å². The Morgan fingerprint density at radius 2 is 1.67 bits per heavy atom. The van der Waals surface area contributed by atoms with Gasteiger partial charge in [-0.15, -0.1) is 0 Å². The quantitative estimate of drug-likeness (QED) is 0.438. The van der Waals surface area contributed by atoms with Crippen LogP contribution in [0.25, 0.3) is 10.8 Å². The average Bonchev–Trinajstić information content (AvgIpc) is 2.83. The summed E-state index contributed by atoms with van der Waals surface area (Å²) in [6.45, 7) is 2.37. The van der Waals surface area contributed by atoms with E-state index in [1.165, 1.54) is 4.31 Å². The van der Waals surface area contributed by atoms with E-state index in [2.05, 4.69) is 5.32 Å². The van der Waals surface area contributed by atoms with Crippen molar-refractivity contribution in [2.24, 2.45) is 0 Å². The first-order chi connectivity index (χ1) is 15.9. The number of carbonyl (C=O) groups is 1. The summed E-state index contributed by atoms with van der Waals surface area (Å²) in [4.78, 5) is 13.3. The van der Waals surface area contributed by atoms with Gasteiger partial charge in [-0.05, 0) is 72.5 Å². The molecular formula is C27H24N2O3S. The van der Waals surface area contributed by atoms with Crippen LogP contribution in [0, 0.1) is 6.92 Å². The number of hydrogen-bond donors (Lipinski definition) is 1. The summed E-state index contributed by atoms with van der Waals surface area (Å²) < 4.78 is 28.1. The Labute approximate surface area is 193 Å². The van der Waals surface area contributed by atoms with Crippen LogP contribution in [-0.2, 0) is 16.4 Å². The summed E-state index contributed by atoms with van der Waals surface area (Å²) in [5.41, 5.74) is 3.85. The molecule has 1 amide bonds. The Morgan fingerprint density at radius 3 is 2.48 bits per heavy atom. The molecule has 0 saturated heterocycles. The minimum Gasteiger partial charge on any atom is -0.322 e. The number of aryl methyl sites for hydroxylation is 2. The van der Waals surface area contributed by atoms with Crippen LogP contribution in [0.3, 0.4) is 0 Å². The molecule has 0 fully saturated rings. The normalized spacial score (nSPS) is 13.5. The number of benzene rings is 4. The fraction of sp³-hybridized carbons (Fsp3) is 0.148. The van der Waals surface area contributed by atoms with Crippen molar-refractivity contribution in [3.05, 3.63) is 102 Å². The molecule has 5 nitrogen and oxygen atoms in total. The van der Waals surface area contributed by atoms with Crippen LogP contribution in [-0.4, -0.2) is 20.9 Å². The Hall–Kier alpha value is -3.64. The molecular weight excluding hydrogens is 432 g/mol. The minimum absolute atomic E-state index is 0.188. The highest BCUT2D eigenvalue weighted by Crippen LogP contribution is 2.34. The van der Waals surface area contributed by atoms with Gasteiger partial charge in [0.15, 0.2) is 0 Å². The molecule has 1 heterocycles. The van der Waals surface area contributed by atoms with E-state index in [9.17, 15) is 13.2 Å². The summed E-state index contributed by atoms with van der Waals surface area (Å²) >= 11 is 0. The fourth-order valence-corrected chi connectivity index (χ4v) is 5.89. The lowest BCUT2D eigenvalue weighted by Crippen LogP contribution is -2.35. The Bertz CT molecular complexity index is 1460. The van der Waals surface area contributed by atoms with E-state index in [1.54, 1.807) is 24.3 Å². The van der Waals surface area contributed by atoms with Crippen molar-refractivity contribution in [1.29, 1.82) is 0 Å². The maximum Gasteiger partial charge on any atom is 0.264 e. The largest absolute Gasteiger partial charge is 0.322 e. The summed E-state index contributed by atoms with van der Waals surface area (Å²) in [5.74, 6) is -0.188. The van der Waals surface area contributed by atoms with Gasteiger partial charge in [0.2, 0.25) is 0 Å². The third-order valence-corrected chi connectivity index (χ3v) is 7.88.